The highest BCUT2D eigenvalue weighted by Crippen LogP contribution is 2.45. The normalized spacial score (nSPS) is 15.3. The van der Waals surface area contributed by atoms with Gasteiger partial charge in [0.05, 0.1) is 30.5 Å². The van der Waals surface area contributed by atoms with Crippen molar-refractivity contribution in [1.82, 2.24) is 4.98 Å². The zero-order chi connectivity index (χ0) is 27.8. The van der Waals surface area contributed by atoms with Crippen LogP contribution >= 0.6 is 11.3 Å². The summed E-state index contributed by atoms with van der Waals surface area (Å²) < 4.78 is 16.4. The van der Waals surface area contributed by atoms with Gasteiger partial charge in [0.2, 0.25) is 5.78 Å². The first-order chi connectivity index (χ1) is 18.7. The number of ether oxygens (including phenoxy) is 2. The average Bonchev–Trinajstić information content (AvgIpc) is 3.59. The summed E-state index contributed by atoms with van der Waals surface area (Å²) in [5.74, 6) is -3.02. The summed E-state index contributed by atoms with van der Waals surface area (Å²) in [5, 5.41) is 22.1. The van der Waals surface area contributed by atoms with Gasteiger partial charge in [-0.05, 0) is 50.6 Å². The van der Waals surface area contributed by atoms with Gasteiger partial charge in [-0.25, -0.2) is 9.78 Å². The maximum Gasteiger partial charge on any atom is 0.350 e. The van der Waals surface area contributed by atoms with E-state index < -0.39 is 29.5 Å². The number of rotatable bonds is 8. The van der Waals surface area contributed by atoms with Crippen molar-refractivity contribution in [2.24, 2.45) is 0 Å². The Morgan fingerprint density at radius 2 is 1.87 bits per heavy atom. The molecule has 10 nitrogen and oxygen atoms in total. The molecule has 1 unspecified atom stereocenters. The Morgan fingerprint density at radius 1 is 1.10 bits per heavy atom. The number of phenolic OH excluding ortho intramolecular Hbond substituents is 1. The molecule has 2 N–H and O–H groups in total. The standard InChI is InChI=1S/C28H24N2O8S/c1-4-36-19-13-16(10-11-17(19)31)22-21(23(32)20-12-15-8-6-7-9-18(15)38-20)24(33)26(34)30(22)28-29-14(3)25(39-28)27(35)37-5-2/h6-13,22,31,33H,4-5H2,1-3H3. The van der Waals surface area contributed by atoms with E-state index in [2.05, 4.69) is 4.98 Å². The third-order valence-electron chi connectivity index (χ3n) is 6.15. The first-order valence-corrected chi connectivity index (χ1v) is 13.0. The number of esters is 1. The van der Waals surface area contributed by atoms with Crippen molar-refractivity contribution in [3.63, 3.8) is 0 Å². The zero-order valence-corrected chi connectivity index (χ0v) is 22.1. The molecule has 0 saturated heterocycles. The Kier molecular flexibility index (Phi) is 6.83. The van der Waals surface area contributed by atoms with Crippen LogP contribution in [0.3, 0.4) is 0 Å². The van der Waals surface area contributed by atoms with Crippen molar-refractivity contribution in [2.45, 2.75) is 26.8 Å². The predicted molar refractivity (Wildman–Crippen MR) is 143 cm³/mol. The summed E-state index contributed by atoms with van der Waals surface area (Å²) in [6, 6.07) is 11.8. The van der Waals surface area contributed by atoms with Gasteiger partial charge < -0.3 is 24.1 Å². The number of aliphatic hydroxyl groups is 1. The van der Waals surface area contributed by atoms with Crippen LogP contribution in [0.15, 0.2) is 64.3 Å². The second kappa shape index (κ2) is 10.3. The second-order valence-electron chi connectivity index (χ2n) is 8.61. The average molecular weight is 549 g/mol. The molecule has 1 aliphatic heterocycles. The molecule has 1 amide bonds. The van der Waals surface area contributed by atoms with Gasteiger partial charge in [0.15, 0.2) is 28.1 Å². The van der Waals surface area contributed by atoms with Gasteiger partial charge >= 0.3 is 5.97 Å². The molecule has 5 rings (SSSR count). The largest absolute Gasteiger partial charge is 0.504 e. The van der Waals surface area contributed by atoms with Crippen LogP contribution in [0.2, 0.25) is 0 Å². The molecular formula is C28H24N2O8S. The molecule has 0 saturated carbocycles. The molecule has 39 heavy (non-hydrogen) atoms. The fourth-order valence-electron chi connectivity index (χ4n) is 4.42. The monoisotopic (exact) mass is 548 g/mol. The number of fused-ring (bicyclic) bond motifs is 1. The van der Waals surface area contributed by atoms with Crippen LogP contribution in [-0.2, 0) is 9.53 Å². The van der Waals surface area contributed by atoms with Crippen LogP contribution in [0, 0.1) is 6.92 Å². The summed E-state index contributed by atoms with van der Waals surface area (Å²) in [6.07, 6.45) is 0. The number of para-hydroxylation sites is 1. The number of amides is 1. The number of aromatic nitrogens is 1. The number of aromatic hydroxyl groups is 1. The van der Waals surface area contributed by atoms with E-state index in [1.54, 1.807) is 45.0 Å². The van der Waals surface area contributed by atoms with Crippen LogP contribution in [-0.4, -0.2) is 46.1 Å². The van der Waals surface area contributed by atoms with Crippen molar-refractivity contribution >= 4 is 45.1 Å². The molecule has 0 fully saturated rings. The maximum absolute atomic E-state index is 13.8. The number of thiazole rings is 1. The van der Waals surface area contributed by atoms with Gasteiger partial charge in [0.1, 0.15) is 10.5 Å². The molecule has 0 aliphatic carbocycles. The van der Waals surface area contributed by atoms with Crippen LogP contribution in [0.25, 0.3) is 11.0 Å². The molecule has 200 valence electrons. The number of phenols is 1. The molecule has 4 aromatic rings. The van der Waals surface area contributed by atoms with Crippen molar-refractivity contribution < 1.29 is 38.5 Å². The Morgan fingerprint density at radius 3 is 2.59 bits per heavy atom. The minimum absolute atomic E-state index is 0.0660. The van der Waals surface area contributed by atoms with E-state index in [1.807, 2.05) is 0 Å². The lowest BCUT2D eigenvalue weighted by atomic mass is 9.95. The number of aliphatic hydroxyl groups excluding tert-OH is 1. The SMILES string of the molecule is CCOC(=O)c1sc(N2C(=O)C(O)=C(C(=O)c3cc4ccccc4o3)C2c2ccc(O)c(OCC)c2)nc1C. The van der Waals surface area contributed by atoms with E-state index in [0.717, 1.165) is 16.2 Å². The Balaban J connectivity index is 1.66. The van der Waals surface area contributed by atoms with Crippen molar-refractivity contribution in [3.8, 4) is 11.5 Å². The highest BCUT2D eigenvalue weighted by atomic mass is 32.1. The molecule has 3 heterocycles. The zero-order valence-electron chi connectivity index (χ0n) is 21.3. The number of carbonyl (C=O) groups is 3. The summed E-state index contributed by atoms with van der Waals surface area (Å²) in [4.78, 5) is 45.5. The van der Waals surface area contributed by atoms with E-state index in [1.165, 1.54) is 24.3 Å². The number of ketones is 1. The maximum atomic E-state index is 13.8. The summed E-state index contributed by atoms with van der Waals surface area (Å²) in [5.41, 5.74) is 0.921. The fraction of sp³-hybridized carbons (Fsp3) is 0.214. The van der Waals surface area contributed by atoms with E-state index in [9.17, 15) is 24.6 Å². The summed E-state index contributed by atoms with van der Waals surface area (Å²) >= 11 is 0.906. The third-order valence-corrected chi connectivity index (χ3v) is 7.29. The first-order valence-electron chi connectivity index (χ1n) is 12.1. The molecule has 2 aromatic carbocycles. The molecular weight excluding hydrogens is 524 g/mol. The lowest BCUT2D eigenvalue weighted by molar-refractivity contribution is -0.117. The Hall–Kier alpha value is -4.64. The Labute approximate surface area is 226 Å². The summed E-state index contributed by atoms with van der Waals surface area (Å²) in [7, 11) is 0. The highest BCUT2D eigenvalue weighted by molar-refractivity contribution is 7.17. The molecule has 2 aromatic heterocycles. The van der Waals surface area contributed by atoms with E-state index in [4.69, 9.17) is 13.9 Å². The minimum atomic E-state index is -1.17. The predicted octanol–water partition coefficient (Wildman–Crippen LogP) is 5.26. The second-order valence-corrected chi connectivity index (χ2v) is 9.59. The van der Waals surface area contributed by atoms with Gasteiger partial charge in [0, 0.05) is 5.39 Å². The fourth-order valence-corrected chi connectivity index (χ4v) is 5.41. The summed E-state index contributed by atoms with van der Waals surface area (Å²) in [6.45, 7) is 5.43. The minimum Gasteiger partial charge on any atom is -0.504 e. The molecule has 0 radical (unpaired) electrons. The number of furan rings is 1. The lowest BCUT2D eigenvalue weighted by Gasteiger charge is -2.24. The number of aryl methyl sites for hydroxylation is 1. The number of nitrogens with zero attached hydrogens (tertiary/aromatic N) is 2. The lowest BCUT2D eigenvalue weighted by Crippen LogP contribution is -2.31. The molecule has 1 aliphatic rings. The van der Waals surface area contributed by atoms with Gasteiger partial charge in [0.25, 0.3) is 5.91 Å². The van der Waals surface area contributed by atoms with Gasteiger partial charge in [-0.15, -0.1) is 0 Å². The number of hydrogen-bond donors (Lipinski definition) is 2. The van der Waals surface area contributed by atoms with Crippen LogP contribution in [0.1, 0.15) is 51.4 Å². The number of Topliss-reactive ketones (excluding diaryl/α,β-unsaturated/α-hetero) is 1. The van der Waals surface area contributed by atoms with E-state index in [0.29, 0.717) is 22.2 Å². The molecule has 1 atom stereocenters. The number of anilines is 1. The number of hydrogen-bond acceptors (Lipinski definition) is 10. The van der Waals surface area contributed by atoms with Crippen molar-refractivity contribution in [2.75, 3.05) is 18.1 Å². The van der Waals surface area contributed by atoms with Gasteiger partial charge in [-0.2, -0.15) is 0 Å². The number of benzene rings is 2. The molecule has 0 spiro atoms. The van der Waals surface area contributed by atoms with Crippen LogP contribution in [0.5, 0.6) is 11.5 Å². The van der Waals surface area contributed by atoms with E-state index >= 15 is 0 Å². The molecule has 0 bridgehead atoms. The molecule has 11 heteroatoms. The van der Waals surface area contributed by atoms with Crippen LogP contribution in [0.4, 0.5) is 5.13 Å². The van der Waals surface area contributed by atoms with Crippen LogP contribution < -0.4 is 9.64 Å². The van der Waals surface area contributed by atoms with E-state index in [-0.39, 0.29) is 46.1 Å². The van der Waals surface area contributed by atoms with Crippen molar-refractivity contribution in [3.05, 3.63) is 81.8 Å². The topological polar surface area (TPSA) is 139 Å². The first kappa shape index (κ1) is 26.0. The smallest absolute Gasteiger partial charge is 0.350 e. The third kappa shape index (κ3) is 4.50. The van der Waals surface area contributed by atoms with Crippen molar-refractivity contribution in [1.29, 1.82) is 0 Å². The quantitative estimate of drug-likeness (QED) is 0.223. The highest BCUT2D eigenvalue weighted by Gasteiger charge is 2.47. The van der Waals surface area contributed by atoms with Gasteiger partial charge in [-0.3, -0.25) is 14.5 Å². The Bertz CT molecular complexity index is 1620. The number of carbonyl (C=O) groups excluding carboxylic acids is 3. The van der Waals surface area contributed by atoms with Gasteiger partial charge in [-0.1, -0.05) is 35.6 Å².